The molecule has 0 saturated heterocycles. The van der Waals surface area contributed by atoms with Crippen LogP contribution in [0.1, 0.15) is 18.4 Å². The summed E-state index contributed by atoms with van der Waals surface area (Å²) in [6, 6.07) is 6.92. The van der Waals surface area contributed by atoms with E-state index in [1.807, 2.05) is 12.1 Å². The molecule has 0 heterocycles. The average molecular weight is 185 g/mol. The van der Waals surface area contributed by atoms with Crippen LogP contribution in [0.5, 0.6) is 0 Å². The molecule has 1 saturated carbocycles. The van der Waals surface area contributed by atoms with Gasteiger partial charge in [-0.2, -0.15) is 0 Å². The lowest BCUT2D eigenvalue weighted by molar-refractivity contribution is 0.587. The van der Waals surface area contributed by atoms with Gasteiger partial charge in [0.05, 0.1) is 0 Å². The van der Waals surface area contributed by atoms with E-state index in [4.69, 9.17) is 11.6 Å². The number of hydrogen-bond acceptors (Lipinski definition) is 0. The Morgan fingerprint density at radius 2 is 2.00 bits per heavy atom. The third kappa shape index (κ3) is 1.13. The maximum absolute atomic E-state index is 13.3. The van der Waals surface area contributed by atoms with Gasteiger partial charge in [-0.1, -0.05) is 18.2 Å². The van der Waals surface area contributed by atoms with E-state index in [0.717, 1.165) is 18.4 Å². The SMILES string of the molecule is Fc1ccccc1C1(CCl)CC1. The molecule has 1 aromatic rings. The van der Waals surface area contributed by atoms with Gasteiger partial charge in [0, 0.05) is 11.3 Å². The van der Waals surface area contributed by atoms with Gasteiger partial charge in [0.2, 0.25) is 0 Å². The Balaban J connectivity index is 2.40. The van der Waals surface area contributed by atoms with Crippen LogP contribution in [-0.4, -0.2) is 5.88 Å². The van der Waals surface area contributed by atoms with Crippen molar-refractivity contribution in [2.24, 2.45) is 0 Å². The zero-order valence-corrected chi connectivity index (χ0v) is 7.44. The topological polar surface area (TPSA) is 0 Å². The highest BCUT2D eigenvalue weighted by Gasteiger charge is 2.44. The van der Waals surface area contributed by atoms with E-state index < -0.39 is 0 Å². The van der Waals surface area contributed by atoms with Crippen LogP contribution < -0.4 is 0 Å². The maximum atomic E-state index is 13.3. The van der Waals surface area contributed by atoms with E-state index in [-0.39, 0.29) is 11.2 Å². The summed E-state index contributed by atoms with van der Waals surface area (Å²) in [5.41, 5.74) is 0.757. The van der Waals surface area contributed by atoms with Crippen LogP contribution in [0.3, 0.4) is 0 Å². The van der Waals surface area contributed by atoms with E-state index in [1.165, 1.54) is 6.07 Å². The Kier molecular flexibility index (Phi) is 1.84. The first-order valence-corrected chi connectivity index (χ1v) is 4.63. The van der Waals surface area contributed by atoms with Crippen molar-refractivity contribution < 1.29 is 4.39 Å². The fourth-order valence-electron chi connectivity index (χ4n) is 1.52. The summed E-state index contributed by atoms with van der Waals surface area (Å²) in [4.78, 5) is 0. The van der Waals surface area contributed by atoms with Crippen LogP contribution in [0.25, 0.3) is 0 Å². The molecule has 2 rings (SSSR count). The van der Waals surface area contributed by atoms with Crippen molar-refractivity contribution in [3.63, 3.8) is 0 Å². The van der Waals surface area contributed by atoms with Crippen LogP contribution >= 0.6 is 11.6 Å². The summed E-state index contributed by atoms with van der Waals surface area (Å²) in [6.45, 7) is 0. The van der Waals surface area contributed by atoms with Crippen LogP contribution in [0.4, 0.5) is 4.39 Å². The molecule has 1 aromatic carbocycles. The van der Waals surface area contributed by atoms with E-state index >= 15 is 0 Å². The quantitative estimate of drug-likeness (QED) is 0.620. The number of benzene rings is 1. The predicted octanol–water partition coefficient (Wildman–Crippen LogP) is 3.10. The molecule has 0 nitrogen and oxygen atoms in total. The lowest BCUT2D eigenvalue weighted by Gasteiger charge is -2.11. The van der Waals surface area contributed by atoms with Crippen molar-refractivity contribution >= 4 is 11.6 Å². The molecule has 0 amide bonds. The van der Waals surface area contributed by atoms with E-state index in [2.05, 4.69) is 0 Å². The molecule has 0 aromatic heterocycles. The first kappa shape index (κ1) is 8.06. The highest BCUT2D eigenvalue weighted by Crippen LogP contribution is 2.49. The van der Waals surface area contributed by atoms with E-state index in [0.29, 0.717) is 5.88 Å². The molecule has 0 unspecified atom stereocenters. The molecule has 0 N–H and O–H groups in total. The fraction of sp³-hybridized carbons (Fsp3) is 0.400. The summed E-state index contributed by atoms with van der Waals surface area (Å²) in [6.07, 6.45) is 2.05. The Morgan fingerprint density at radius 1 is 1.33 bits per heavy atom. The smallest absolute Gasteiger partial charge is 0.127 e. The zero-order valence-electron chi connectivity index (χ0n) is 6.69. The standard InChI is InChI=1S/C10H10ClF/c11-7-10(5-6-10)8-3-1-2-4-9(8)12/h1-4H,5-7H2. The van der Waals surface area contributed by atoms with Gasteiger partial charge in [0.25, 0.3) is 0 Å². The molecule has 1 aliphatic carbocycles. The van der Waals surface area contributed by atoms with Gasteiger partial charge in [-0.3, -0.25) is 0 Å². The Labute approximate surface area is 76.4 Å². The molecule has 0 bridgehead atoms. The predicted molar refractivity (Wildman–Crippen MR) is 48.0 cm³/mol. The zero-order chi connectivity index (χ0) is 8.60. The number of halogens is 2. The Hall–Kier alpha value is -0.560. The highest BCUT2D eigenvalue weighted by atomic mass is 35.5. The number of alkyl halides is 1. The molecule has 0 radical (unpaired) electrons. The first-order chi connectivity index (χ1) is 5.78. The van der Waals surface area contributed by atoms with Crippen molar-refractivity contribution in [1.82, 2.24) is 0 Å². The molecule has 0 aliphatic heterocycles. The minimum atomic E-state index is -0.115. The van der Waals surface area contributed by atoms with Gasteiger partial charge in [0.15, 0.2) is 0 Å². The monoisotopic (exact) mass is 184 g/mol. The second-order valence-corrected chi connectivity index (χ2v) is 3.66. The Bertz CT molecular complexity index is 292. The van der Waals surface area contributed by atoms with Gasteiger partial charge >= 0.3 is 0 Å². The largest absolute Gasteiger partial charge is 0.207 e. The highest BCUT2D eigenvalue weighted by molar-refractivity contribution is 6.19. The second kappa shape index (κ2) is 2.74. The van der Waals surface area contributed by atoms with Crippen molar-refractivity contribution in [3.8, 4) is 0 Å². The second-order valence-electron chi connectivity index (χ2n) is 3.39. The minimum Gasteiger partial charge on any atom is -0.207 e. The van der Waals surface area contributed by atoms with Crippen LogP contribution in [0, 0.1) is 5.82 Å². The van der Waals surface area contributed by atoms with E-state index in [9.17, 15) is 4.39 Å². The van der Waals surface area contributed by atoms with Gasteiger partial charge in [0.1, 0.15) is 5.82 Å². The average Bonchev–Trinajstić information content (AvgIpc) is 2.86. The number of rotatable bonds is 2. The van der Waals surface area contributed by atoms with Gasteiger partial charge in [-0.25, -0.2) is 4.39 Å². The first-order valence-electron chi connectivity index (χ1n) is 4.09. The van der Waals surface area contributed by atoms with E-state index in [1.54, 1.807) is 6.07 Å². The third-order valence-corrected chi connectivity index (χ3v) is 3.07. The van der Waals surface area contributed by atoms with Crippen LogP contribution in [0.15, 0.2) is 24.3 Å². The van der Waals surface area contributed by atoms with Gasteiger partial charge < -0.3 is 0 Å². The molecule has 2 heteroatoms. The molecule has 0 atom stereocenters. The van der Waals surface area contributed by atoms with Crippen molar-refractivity contribution in [2.45, 2.75) is 18.3 Å². The van der Waals surface area contributed by atoms with Crippen LogP contribution in [-0.2, 0) is 5.41 Å². The summed E-state index contributed by atoms with van der Waals surface area (Å²) in [7, 11) is 0. The molecule has 12 heavy (non-hydrogen) atoms. The summed E-state index contributed by atoms with van der Waals surface area (Å²) >= 11 is 5.80. The normalized spacial score (nSPS) is 19.2. The van der Waals surface area contributed by atoms with Crippen molar-refractivity contribution in [3.05, 3.63) is 35.6 Å². The lowest BCUT2D eigenvalue weighted by Crippen LogP contribution is -2.10. The molecule has 1 aliphatic rings. The summed E-state index contributed by atoms with van der Waals surface area (Å²) in [5.74, 6) is 0.421. The molecular weight excluding hydrogens is 175 g/mol. The third-order valence-electron chi connectivity index (χ3n) is 2.55. The molecule has 0 spiro atoms. The number of hydrogen-bond donors (Lipinski definition) is 0. The molecule has 64 valence electrons. The van der Waals surface area contributed by atoms with Crippen LogP contribution in [0.2, 0.25) is 0 Å². The minimum absolute atomic E-state index is 0.0348. The maximum Gasteiger partial charge on any atom is 0.127 e. The summed E-state index contributed by atoms with van der Waals surface area (Å²) in [5, 5.41) is 0. The Morgan fingerprint density at radius 3 is 2.50 bits per heavy atom. The van der Waals surface area contributed by atoms with Crippen molar-refractivity contribution in [2.75, 3.05) is 5.88 Å². The van der Waals surface area contributed by atoms with Crippen molar-refractivity contribution in [1.29, 1.82) is 0 Å². The summed E-state index contributed by atoms with van der Waals surface area (Å²) < 4.78 is 13.3. The molecule has 1 fully saturated rings. The lowest BCUT2D eigenvalue weighted by atomic mass is 9.98. The van der Waals surface area contributed by atoms with Gasteiger partial charge in [-0.05, 0) is 24.5 Å². The fourth-order valence-corrected chi connectivity index (χ4v) is 1.93. The molecular formula is C10H10ClF. The van der Waals surface area contributed by atoms with Gasteiger partial charge in [-0.15, -0.1) is 11.6 Å².